The molecule has 70 heavy (non-hydrogen) atoms. The van der Waals surface area contributed by atoms with Gasteiger partial charge in [0.2, 0.25) is 0 Å². The topological polar surface area (TPSA) is 6.48 Å². The van der Waals surface area contributed by atoms with Gasteiger partial charge in [-0.3, -0.25) is 0 Å². The first-order valence-corrected chi connectivity index (χ1v) is 25.7. The van der Waals surface area contributed by atoms with Crippen LogP contribution in [0.2, 0.25) is 0 Å². The number of allylic oxidation sites excluding steroid dienone is 1. The molecule has 13 rings (SSSR count). The van der Waals surface area contributed by atoms with Crippen LogP contribution in [-0.4, -0.2) is 0 Å². The van der Waals surface area contributed by atoms with E-state index in [0.29, 0.717) is 0 Å². The minimum atomic E-state index is -0.294. The number of hydrogen-bond donors (Lipinski definition) is 0. The molecular formula is C66H48N2S2. The molecule has 0 saturated heterocycles. The third-order valence-electron chi connectivity index (χ3n) is 14.5. The summed E-state index contributed by atoms with van der Waals surface area (Å²) in [4.78, 5) is 6.12. The van der Waals surface area contributed by atoms with Crippen molar-refractivity contribution in [2.45, 2.75) is 26.2 Å². The van der Waals surface area contributed by atoms with E-state index < -0.39 is 0 Å². The first-order valence-electron chi connectivity index (χ1n) is 24.1. The number of anilines is 6. The lowest BCUT2D eigenvalue weighted by Gasteiger charge is -2.37. The Morgan fingerprint density at radius 3 is 1.91 bits per heavy atom. The van der Waals surface area contributed by atoms with Gasteiger partial charge in [0.15, 0.2) is 0 Å². The smallest absolute Gasteiger partial charge is 0.0640 e. The van der Waals surface area contributed by atoms with E-state index in [4.69, 9.17) is 0 Å². The molecule has 2 heterocycles. The largest absolute Gasteiger partial charge is 0.309 e. The van der Waals surface area contributed by atoms with Crippen molar-refractivity contribution in [3.63, 3.8) is 0 Å². The summed E-state index contributed by atoms with van der Waals surface area (Å²) in [5.41, 5.74) is 15.4. The maximum atomic E-state index is 4.24. The lowest BCUT2D eigenvalue weighted by molar-refractivity contribution is 0.645. The molecule has 2 nitrogen and oxygen atoms in total. The van der Waals surface area contributed by atoms with Gasteiger partial charge in [0.25, 0.3) is 0 Å². The van der Waals surface area contributed by atoms with Gasteiger partial charge in [-0.2, -0.15) is 0 Å². The second-order valence-corrected chi connectivity index (χ2v) is 20.9. The highest BCUT2D eigenvalue weighted by Gasteiger charge is 2.35. The highest BCUT2D eigenvalue weighted by atomic mass is 32.1. The summed E-state index contributed by atoms with van der Waals surface area (Å²) in [5, 5.41) is 8.88. The zero-order chi connectivity index (χ0) is 47.1. The van der Waals surface area contributed by atoms with Crippen molar-refractivity contribution in [3.05, 3.63) is 240 Å². The second kappa shape index (κ2) is 16.6. The van der Waals surface area contributed by atoms with Gasteiger partial charge in [-0.25, -0.2) is 0 Å². The van der Waals surface area contributed by atoms with Gasteiger partial charge in [-0.15, -0.1) is 22.7 Å². The van der Waals surface area contributed by atoms with Gasteiger partial charge >= 0.3 is 0 Å². The Morgan fingerprint density at radius 2 is 1.10 bits per heavy atom. The van der Waals surface area contributed by atoms with Crippen molar-refractivity contribution in [3.8, 4) is 22.3 Å². The van der Waals surface area contributed by atoms with Crippen molar-refractivity contribution >= 4 is 121 Å². The molecule has 2 aromatic heterocycles. The van der Waals surface area contributed by atoms with Crippen molar-refractivity contribution in [2.24, 2.45) is 0 Å². The molecule has 0 saturated carbocycles. The fourth-order valence-corrected chi connectivity index (χ4v) is 13.6. The maximum absolute atomic E-state index is 4.24. The molecule has 0 spiro atoms. The molecule has 0 radical (unpaired) electrons. The van der Waals surface area contributed by atoms with Crippen LogP contribution < -0.4 is 9.80 Å². The molecule has 1 aliphatic carbocycles. The maximum Gasteiger partial charge on any atom is 0.0640 e. The predicted octanol–water partition coefficient (Wildman–Crippen LogP) is 20.2. The molecule has 0 aliphatic heterocycles. The standard InChI is InChI=1S/C66H48N2S2/c1-5-20-49-52-28-19-33-60(65(52)69-61(49)6-2)68(58-31-15-13-25-47(58)42-21-9-7-10-22-42)45-36-35-43-39-55-48-38-37-46(41-57(48)66(3,4)56-30-17-27-51(63(55)56)54(43)40-45)67(44-23-11-8-12-24-44)59-32-18-29-53-50-26-14-16-34-62(50)70-64(53)59/h5-41H,2H2,1,3-4H3/b20-5-. The molecule has 10 aromatic carbocycles. The summed E-state index contributed by atoms with van der Waals surface area (Å²) in [7, 11) is 0. The molecule has 0 amide bonds. The quantitative estimate of drug-likeness (QED) is 0.133. The van der Waals surface area contributed by atoms with Gasteiger partial charge in [0.05, 0.1) is 26.5 Å². The van der Waals surface area contributed by atoms with Crippen LogP contribution in [0.1, 0.15) is 42.3 Å². The Bertz CT molecular complexity index is 4080. The molecule has 0 bridgehead atoms. The van der Waals surface area contributed by atoms with E-state index in [0.717, 1.165) is 28.4 Å². The van der Waals surface area contributed by atoms with E-state index in [1.54, 1.807) is 0 Å². The Morgan fingerprint density at radius 1 is 0.457 bits per heavy atom. The number of nitrogens with zero attached hydrogens (tertiary/aromatic N) is 2. The Labute approximate surface area is 417 Å². The molecule has 1 aliphatic rings. The first kappa shape index (κ1) is 42.1. The Hall–Kier alpha value is -8.02. The highest BCUT2D eigenvalue weighted by molar-refractivity contribution is 7.26. The second-order valence-electron chi connectivity index (χ2n) is 18.8. The molecule has 0 unspecified atom stereocenters. The molecule has 0 atom stereocenters. The van der Waals surface area contributed by atoms with Gasteiger partial charge in [-0.1, -0.05) is 178 Å². The van der Waals surface area contributed by atoms with Crippen molar-refractivity contribution in [1.82, 2.24) is 0 Å². The van der Waals surface area contributed by atoms with Gasteiger partial charge in [0.1, 0.15) is 0 Å². The molecule has 0 fully saturated rings. The van der Waals surface area contributed by atoms with Crippen molar-refractivity contribution in [1.29, 1.82) is 0 Å². The van der Waals surface area contributed by atoms with Crippen LogP contribution in [0, 0.1) is 0 Å². The fraction of sp³-hybridized carbons (Fsp3) is 0.0606. The summed E-state index contributed by atoms with van der Waals surface area (Å²) >= 11 is 3.69. The monoisotopic (exact) mass is 932 g/mol. The average molecular weight is 933 g/mol. The molecule has 12 aromatic rings. The predicted molar refractivity (Wildman–Crippen MR) is 307 cm³/mol. The van der Waals surface area contributed by atoms with E-state index in [1.807, 2.05) is 28.7 Å². The third-order valence-corrected chi connectivity index (χ3v) is 17.0. The fourth-order valence-electron chi connectivity index (χ4n) is 11.3. The lowest BCUT2D eigenvalue weighted by atomic mass is 9.68. The van der Waals surface area contributed by atoms with Crippen molar-refractivity contribution < 1.29 is 0 Å². The minimum absolute atomic E-state index is 0.294. The zero-order valence-electron chi connectivity index (χ0n) is 39.3. The van der Waals surface area contributed by atoms with Crippen LogP contribution in [0.5, 0.6) is 0 Å². The van der Waals surface area contributed by atoms with Crippen LogP contribution in [0.4, 0.5) is 34.1 Å². The number of rotatable bonds is 9. The SMILES string of the molecule is C=Cc1sc2c(N(c3ccc4cc5c6c(cccc6c4c3)C(C)(C)c3cc(N(c4ccccc4)c4cccc6c4sc4ccccc46)ccc3-5)c3ccccc3-c3ccccc3)cccc2c1/C=C\C. The van der Waals surface area contributed by atoms with Gasteiger partial charge in [-0.05, 0) is 123 Å². The zero-order valence-corrected chi connectivity index (χ0v) is 40.9. The molecule has 334 valence electrons. The number of fused-ring (bicyclic) bond motifs is 8. The van der Waals surface area contributed by atoms with E-state index in [1.165, 1.54) is 101 Å². The summed E-state index contributed by atoms with van der Waals surface area (Å²) < 4.78 is 3.83. The number of hydrogen-bond acceptors (Lipinski definition) is 4. The van der Waals surface area contributed by atoms with Gasteiger partial charge < -0.3 is 9.80 Å². The summed E-state index contributed by atoms with van der Waals surface area (Å²) in [5.74, 6) is 0. The molecule has 4 heteroatoms. The Balaban J connectivity index is 1.01. The first-order chi connectivity index (χ1) is 34.4. The third kappa shape index (κ3) is 6.51. The number of benzene rings is 10. The Kier molecular flexibility index (Phi) is 9.98. The van der Waals surface area contributed by atoms with Crippen LogP contribution in [-0.2, 0) is 5.41 Å². The summed E-state index contributed by atoms with van der Waals surface area (Å²) in [6, 6.07) is 76.5. The van der Waals surface area contributed by atoms with E-state index in [-0.39, 0.29) is 5.41 Å². The van der Waals surface area contributed by atoms with E-state index in [2.05, 4.69) is 256 Å². The molecular weight excluding hydrogens is 885 g/mol. The van der Waals surface area contributed by atoms with E-state index in [9.17, 15) is 0 Å². The summed E-state index contributed by atoms with van der Waals surface area (Å²) in [6.45, 7) is 11.2. The van der Waals surface area contributed by atoms with Crippen LogP contribution in [0.15, 0.2) is 219 Å². The van der Waals surface area contributed by atoms with Crippen molar-refractivity contribution in [2.75, 3.05) is 9.80 Å². The van der Waals surface area contributed by atoms with Gasteiger partial charge in [0, 0.05) is 59.3 Å². The number of thiophene rings is 2. The number of para-hydroxylation sites is 2. The summed E-state index contributed by atoms with van der Waals surface area (Å²) in [6.07, 6.45) is 6.34. The highest BCUT2D eigenvalue weighted by Crippen LogP contribution is 2.54. The minimum Gasteiger partial charge on any atom is -0.309 e. The normalized spacial score (nSPS) is 12.9. The van der Waals surface area contributed by atoms with Crippen LogP contribution in [0.25, 0.3) is 86.2 Å². The lowest BCUT2D eigenvalue weighted by Crippen LogP contribution is -2.24. The van der Waals surface area contributed by atoms with Crippen LogP contribution >= 0.6 is 22.7 Å². The molecule has 0 N–H and O–H groups in total. The van der Waals surface area contributed by atoms with E-state index >= 15 is 0 Å². The van der Waals surface area contributed by atoms with Crippen LogP contribution in [0.3, 0.4) is 0 Å². The average Bonchev–Trinajstić information content (AvgIpc) is 3.98.